The summed E-state index contributed by atoms with van der Waals surface area (Å²) in [6.45, 7) is 2.14. The van der Waals surface area contributed by atoms with Gasteiger partial charge in [-0.05, 0) is 36.8 Å². The molecule has 2 aliphatic heterocycles. The van der Waals surface area contributed by atoms with Crippen LogP contribution in [0.25, 0.3) is 0 Å². The van der Waals surface area contributed by atoms with Crippen molar-refractivity contribution in [2.24, 2.45) is 17.3 Å². The van der Waals surface area contributed by atoms with E-state index < -0.39 is 11.8 Å². The van der Waals surface area contributed by atoms with Crippen molar-refractivity contribution in [2.45, 2.75) is 50.5 Å². The topological polar surface area (TPSA) is 87.7 Å². The van der Waals surface area contributed by atoms with E-state index in [1.165, 1.54) is 0 Å². The van der Waals surface area contributed by atoms with Gasteiger partial charge in [0.05, 0.1) is 17.7 Å². The molecule has 150 valence electrons. The zero-order valence-electron chi connectivity index (χ0n) is 15.9. The molecule has 1 saturated heterocycles. The predicted octanol–water partition coefficient (Wildman–Crippen LogP) is 1.92. The van der Waals surface area contributed by atoms with Crippen molar-refractivity contribution >= 4 is 23.6 Å². The Bertz CT molecular complexity index is 832. The number of nitrogens with one attached hydrogen (secondary N) is 2. The van der Waals surface area contributed by atoms with Crippen LogP contribution in [-0.4, -0.2) is 46.3 Å². The quantitative estimate of drug-likeness (QED) is 0.704. The maximum atomic E-state index is 13.1. The van der Waals surface area contributed by atoms with Crippen molar-refractivity contribution in [2.75, 3.05) is 11.5 Å². The number of para-hydroxylation sites is 1. The van der Waals surface area contributed by atoms with Crippen LogP contribution in [0.3, 0.4) is 0 Å². The van der Waals surface area contributed by atoms with Crippen LogP contribution in [0.15, 0.2) is 24.3 Å². The Hall–Kier alpha value is -1.73. The smallest absolute Gasteiger partial charge is 0.258 e. The van der Waals surface area contributed by atoms with Gasteiger partial charge >= 0.3 is 0 Å². The number of hydrogen-bond donors (Lipinski definition) is 3. The number of fused-ring (bicyclic) bond motifs is 3. The van der Waals surface area contributed by atoms with Gasteiger partial charge in [-0.25, -0.2) is 0 Å². The van der Waals surface area contributed by atoms with Gasteiger partial charge in [-0.1, -0.05) is 19.1 Å². The highest BCUT2D eigenvalue weighted by molar-refractivity contribution is 7.99. The maximum absolute atomic E-state index is 13.1. The molecule has 0 aromatic heterocycles. The first-order valence-electron chi connectivity index (χ1n) is 10.1. The maximum Gasteiger partial charge on any atom is 0.258 e. The minimum Gasteiger partial charge on any atom is -0.467 e. The van der Waals surface area contributed by atoms with Crippen molar-refractivity contribution in [3.8, 4) is 5.75 Å². The minimum absolute atomic E-state index is 0.0381. The van der Waals surface area contributed by atoms with Crippen LogP contribution in [0, 0.1) is 17.3 Å². The number of rotatable bonds is 2. The fraction of sp³-hybridized carbons (Fsp3) is 0.619. The summed E-state index contributed by atoms with van der Waals surface area (Å²) in [4.78, 5) is 25.8. The number of hydrogen-bond acceptors (Lipinski definition) is 5. The third-order valence-electron chi connectivity index (χ3n) is 7.19. The minimum atomic E-state index is -0.724. The summed E-state index contributed by atoms with van der Waals surface area (Å²) in [6, 6.07) is 7.19. The number of ether oxygens (including phenoxy) is 1. The van der Waals surface area contributed by atoms with Crippen molar-refractivity contribution < 1.29 is 19.4 Å². The summed E-state index contributed by atoms with van der Waals surface area (Å²) in [5, 5.41) is 16.3. The molecule has 28 heavy (non-hydrogen) atoms. The Morgan fingerprint density at radius 3 is 2.93 bits per heavy atom. The average Bonchev–Trinajstić information content (AvgIpc) is 3.06. The lowest BCUT2D eigenvalue weighted by Crippen LogP contribution is -2.69. The van der Waals surface area contributed by atoms with E-state index in [0.29, 0.717) is 29.9 Å². The highest BCUT2D eigenvalue weighted by Crippen LogP contribution is 2.58. The third kappa shape index (κ3) is 2.74. The van der Waals surface area contributed by atoms with Crippen LogP contribution >= 0.6 is 11.8 Å². The van der Waals surface area contributed by atoms with E-state index in [-0.39, 0.29) is 35.1 Å². The molecule has 7 heteroatoms. The highest BCUT2D eigenvalue weighted by Gasteiger charge is 2.62. The number of amides is 2. The van der Waals surface area contributed by atoms with Crippen LogP contribution < -0.4 is 15.4 Å². The van der Waals surface area contributed by atoms with Crippen molar-refractivity contribution in [1.29, 1.82) is 0 Å². The molecule has 6 rings (SSSR count). The fourth-order valence-electron chi connectivity index (χ4n) is 5.62. The first-order chi connectivity index (χ1) is 13.4. The molecule has 0 radical (unpaired) electrons. The monoisotopic (exact) mass is 402 g/mol. The van der Waals surface area contributed by atoms with E-state index in [0.717, 1.165) is 18.6 Å². The lowest BCUT2D eigenvalue weighted by Gasteiger charge is -2.59. The number of benzene rings is 1. The summed E-state index contributed by atoms with van der Waals surface area (Å²) in [7, 11) is 0. The molecule has 2 heterocycles. The van der Waals surface area contributed by atoms with E-state index in [2.05, 4.69) is 17.6 Å². The molecular formula is C21H26N2O4S. The van der Waals surface area contributed by atoms with Crippen molar-refractivity contribution in [3.63, 3.8) is 0 Å². The second-order valence-electron chi connectivity index (χ2n) is 9.02. The number of carbonyl (C=O) groups is 2. The Morgan fingerprint density at radius 2 is 2.18 bits per heavy atom. The first kappa shape index (κ1) is 18.3. The standard InChI is InChI=1S/C21H26N2O4S/c1-20-7-6-12(8-14(20)19(26)22-15-9-28-10-16(15)24)21(11-20)23-18(25)13-4-2-3-5-17(13)27-21/h2-5,12,14-16,24H,6-11H2,1H3,(H,22,26)(H,23,25)/t12-,14+,15+,16-,20-,21+/m0/s1. The third-order valence-corrected chi connectivity index (χ3v) is 8.37. The number of aliphatic hydroxyl groups excluding tert-OH is 1. The highest BCUT2D eigenvalue weighted by atomic mass is 32.2. The number of thioether (sulfide) groups is 1. The molecule has 0 unspecified atom stereocenters. The zero-order valence-corrected chi connectivity index (χ0v) is 16.8. The molecule has 5 aliphatic rings. The Kier molecular flexibility index (Phi) is 4.18. The zero-order chi connectivity index (χ0) is 19.5. The van der Waals surface area contributed by atoms with Crippen LogP contribution in [0.2, 0.25) is 0 Å². The largest absolute Gasteiger partial charge is 0.467 e. The Labute approximate surface area is 168 Å². The van der Waals surface area contributed by atoms with Gasteiger partial charge in [0.25, 0.3) is 5.91 Å². The molecule has 3 N–H and O–H groups in total. The SMILES string of the molecule is C[C@@]12CC[C@@H](C[C@@H]1C(=O)N[C@@H]1CSC[C@@H]1O)[C@]1(C2)NC(=O)c2ccccc2O1. The van der Waals surface area contributed by atoms with Crippen molar-refractivity contribution in [1.82, 2.24) is 10.6 Å². The van der Waals surface area contributed by atoms with E-state index in [9.17, 15) is 14.7 Å². The summed E-state index contributed by atoms with van der Waals surface area (Å²) in [6.07, 6.45) is 2.74. The van der Waals surface area contributed by atoms with E-state index in [1.807, 2.05) is 18.2 Å². The summed E-state index contributed by atoms with van der Waals surface area (Å²) in [5.74, 6) is 2.01. The summed E-state index contributed by atoms with van der Waals surface area (Å²) < 4.78 is 6.40. The fourth-order valence-corrected chi connectivity index (χ4v) is 6.79. The average molecular weight is 403 g/mol. The molecule has 1 aromatic rings. The molecule has 1 spiro atoms. The van der Waals surface area contributed by atoms with Gasteiger partial charge in [0.15, 0.2) is 5.72 Å². The first-order valence-corrected chi connectivity index (χ1v) is 11.2. The molecule has 2 bridgehead atoms. The molecule has 3 aliphatic carbocycles. The van der Waals surface area contributed by atoms with Gasteiger partial charge < -0.3 is 20.5 Å². The Morgan fingerprint density at radius 1 is 1.36 bits per heavy atom. The molecule has 2 amide bonds. The van der Waals surface area contributed by atoms with Gasteiger partial charge in [-0.15, -0.1) is 0 Å². The van der Waals surface area contributed by atoms with Gasteiger partial charge in [0.1, 0.15) is 5.75 Å². The Balaban J connectivity index is 1.38. The molecule has 6 atom stereocenters. The van der Waals surface area contributed by atoms with E-state index >= 15 is 0 Å². The second-order valence-corrected chi connectivity index (χ2v) is 10.1. The van der Waals surface area contributed by atoms with Gasteiger partial charge in [-0.3, -0.25) is 9.59 Å². The summed E-state index contributed by atoms with van der Waals surface area (Å²) in [5.41, 5.74) is -0.394. The number of carbonyl (C=O) groups excluding carboxylic acids is 2. The number of aliphatic hydroxyl groups is 1. The molecular weight excluding hydrogens is 376 g/mol. The van der Waals surface area contributed by atoms with Crippen LogP contribution in [0.1, 0.15) is 43.0 Å². The molecule has 1 aromatic carbocycles. The predicted molar refractivity (Wildman–Crippen MR) is 106 cm³/mol. The van der Waals surface area contributed by atoms with E-state index in [4.69, 9.17) is 4.74 Å². The normalized spacial score (nSPS) is 41.3. The lowest BCUT2D eigenvalue weighted by molar-refractivity contribution is -0.168. The lowest BCUT2D eigenvalue weighted by atomic mass is 9.52. The van der Waals surface area contributed by atoms with E-state index in [1.54, 1.807) is 17.8 Å². The van der Waals surface area contributed by atoms with Crippen LogP contribution in [-0.2, 0) is 4.79 Å². The second kappa shape index (κ2) is 6.39. The van der Waals surface area contributed by atoms with Gasteiger partial charge in [0, 0.05) is 29.8 Å². The summed E-state index contributed by atoms with van der Waals surface area (Å²) >= 11 is 1.67. The van der Waals surface area contributed by atoms with Gasteiger partial charge in [0.2, 0.25) is 5.91 Å². The molecule has 4 fully saturated rings. The van der Waals surface area contributed by atoms with Crippen molar-refractivity contribution in [3.05, 3.63) is 29.8 Å². The van der Waals surface area contributed by atoms with Gasteiger partial charge in [-0.2, -0.15) is 11.8 Å². The molecule has 6 nitrogen and oxygen atoms in total. The van der Waals surface area contributed by atoms with Crippen LogP contribution in [0.4, 0.5) is 0 Å². The molecule has 3 saturated carbocycles. The van der Waals surface area contributed by atoms with Crippen LogP contribution in [0.5, 0.6) is 5.75 Å².